The van der Waals surface area contributed by atoms with Gasteiger partial charge >= 0.3 is 6.18 Å². The molecule has 0 fully saturated rings. The lowest BCUT2D eigenvalue weighted by Gasteiger charge is -2.14. The summed E-state index contributed by atoms with van der Waals surface area (Å²) in [6.07, 6.45) is -4.45. The molecule has 0 aliphatic heterocycles. The Bertz CT molecular complexity index is 659. The zero-order chi connectivity index (χ0) is 15.6. The summed E-state index contributed by atoms with van der Waals surface area (Å²) in [5.41, 5.74) is 4.55. The van der Waals surface area contributed by atoms with Gasteiger partial charge in [0.25, 0.3) is 0 Å². The Morgan fingerprint density at radius 1 is 0.952 bits per heavy atom. The number of alkyl halides is 3. The molecule has 0 aliphatic rings. The van der Waals surface area contributed by atoms with Crippen molar-refractivity contribution < 1.29 is 17.9 Å². The maximum absolute atomic E-state index is 12.8. The molecule has 0 spiro atoms. The molecule has 2 aromatic carbocycles. The van der Waals surface area contributed by atoms with Crippen LogP contribution in [-0.2, 0) is 12.7 Å². The first-order chi connectivity index (χ1) is 9.81. The zero-order valence-electron chi connectivity index (χ0n) is 10.5. The van der Waals surface area contributed by atoms with E-state index in [9.17, 15) is 13.2 Å². The molecule has 0 unspecified atom stereocenters. The SMILES string of the molecule is NCc1cc(Oc2ccc(Cl)c(Cl)c2)ccc1C(F)(F)F. The number of halogens is 5. The van der Waals surface area contributed by atoms with Gasteiger partial charge in [-0.15, -0.1) is 0 Å². The Hall–Kier alpha value is -1.43. The minimum atomic E-state index is -4.45. The van der Waals surface area contributed by atoms with E-state index in [-0.39, 0.29) is 17.9 Å². The van der Waals surface area contributed by atoms with Crippen molar-refractivity contribution in [2.75, 3.05) is 0 Å². The van der Waals surface area contributed by atoms with Gasteiger partial charge in [0.1, 0.15) is 11.5 Å². The summed E-state index contributed by atoms with van der Waals surface area (Å²) < 4.78 is 43.7. The molecule has 2 rings (SSSR count). The van der Waals surface area contributed by atoms with Gasteiger partial charge in [-0.2, -0.15) is 13.2 Å². The maximum atomic E-state index is 12.8. The highest BCUT2D eigenvalue weighted by atomic mass is 35.5. The van der Waals surface area contributed by atoms with Crippen LogP contribution in [0.3, 0.4) is 0 Å². The van der Waals surface area contributed by atoms with E-state index in [4.69, 9.17) is 33.7 Å². The van der Waals surface area contributed by atoms with Crippen molar-refractivity contribution >= 4 is 23.2 Å². The van der Waals surface area contributed by atoms with Crippen molar-refractivity contribution in [2.24, 2.45) is 5.73 Å². The lowest BCUT2D eigenvalue weighted by molar-refractivity contribution is -0.138. The third-order valence-electron chi connectivity index (χ3n) is 2.73. The fourth-order valence-electron chi connectivity index (χ4n) is 1.76. The quantitative estimate of drug-likeness (QED) is 0.829. The van der Waals surface area contributed by atoms with E-state index < -0.39 is 11.7 Å². The number of hydrogen-bond donors (Lipinski definition) is 1. The molecule has 0 atom stereocenters. The summed E-state index contributed by atoms with van der Waals surface area (Å²) in [4.78, 5) is 0. The monoisotopic (exact) mass is 335 g/mol. The summed E-state index contributed by atoms with van der Waals surface area (Å²) in [7, 11) is 0. The molecule has 21 heavy (non-hydrogen) atoms. The van der Waals surface area contributed by atoms with Crippen LogP contribution < -0.4 is 10.5 Å². The third-order valence-corrected chi connectivity index (χ3v) is 3.47. The number of hydrogen-bond acceptors (Lipinski definition) is 2. The van der Waals surface area contributed by atoms with Gasteiger partial charge in [-0.3, -0.25) is 0 Å². The maximum Gasteiger partial charge on any atom is 0.416 e. The Labute approximate surface area is 129 Å². The zero-order valence-corrected chi connectivity index (χ0v) is 12.1. The largest absolute Gasteiger partial charge is 0.457 e. The average Bonchev–Trinajstić information content (AvgIpc) is 2.41. The smallest absolute Gasteiger partial charge is 0.416 e. The Kier molecular flexibility index (Phi) is 4.66. The van der Waals surface area contributed by atoms with E-state index in [1.54, 1.807) is 6.07 Å². The normalized spacial score (nSPS) is 11.5. The van der Waals surface area contributed by atoms with Crippen molar-refractivity contribution in [3.63, 3.8) is 0 Å². The van der Waals surface area contributed by atoms with E-state index in [2.05, 4.69) is 0 Å². The highest BCUT2D eigenvalue weighted by molar-refractivity contribution is 6.42. The van der Waals surface area contributed by atoms with Gasteiger partial charge < -0.3 is 10.5 Å². The lowest BCUT2D eigenvalue weighted by Crippen LogP contribution is -2.11. The molecule has 0 radical (unpaired) electrons. The molecular weight excluding hydrogens is 326 g/mol. The van der Waals surface area contributed by atoms with Crippen molar-refractivity contribution in [3.05, 3.63) is 57.6 Å². The molecule has 2 aromatic rings. The molecule has 0 saturated heterocycles. The number of nitrogens with two attached hydrogens (primary N) is 1. The van der Waals surface area contributed by atoms with Gasteiger partial charge in [0, 0.05) is 12.6 Å². The van der Waals surface area contributed by atoms with Crippen molar-refractivity contribution in [2.45, 2.75) is 12.7 Å². The van der Waals surface area contributed by atoms with Gasteiger partial charge in [0.2, 0.25) is 0 Å². The molecule has 0 saturated carbocycles. The molecular formula is C14H10Cl2F3NO. The number of benzene rings is 2. The van der Waals surface area contributed by atoms with Crippen LogP contribution in [-0.4, -0.2) is 0 Å². The number of ether oxygens (including phenoxy) is 1. The molecule has 7 heteroatoms. The van der Waals surface area contributed by atoms with Gasteiger partial charge in [-0.05, 0) is 35.9 Å². The van der Waals surface area contributed by atoms with Crippen molar-refractivity contribution in [3.8, 4) is 11.5 Å². The Morgan fingerprint density at radius 2 is 1.57 bits per heavy atom. The fourth-order valence-corrected chi connectivity index (χ4v) is 2.04. The Morgan fingerprint density at radius 3 is 2.14 bits per heavy atom. The topological polar surface area (TPSA) is 35.2 Å². The lowest BCUT2D eigenvalue weighted by atomic mass is 10.1. The first kappa shape index (κ1) is 15.9. The van der Waals surface area contributed by atoms with Gasteiger partial charge in [-0.25, -0.2) is 0 Å². The average molecular weight is 336 g/mol. The fraction of sp³-hybridized carbons (Fsp3) is 0.143. The van der Waals surface area contributed by atoms with Crippen LogP contribution in [0.5, 0.6) is 11.5 Å². The summed E-state index contributed by atoms with van der Waals surface area (Å²) in [6.45, 7) is -0.243. The number of rotatable bonds is 3. The molecule has 0 bridgehead atoms. The highest BCUT2D eigenvalue weighted by Gasteiger charge is 2.33. The van der Waals surface area contributed by atoms with Gasteiger partial charge in [0.05, 0.1) is 15.6 Å². The summed E-state index contributed by atoms with van der Waals surface area (Å²) in [6, 6.07) is 8.00. The predicted octanol–water partition coefficient (Wildman–Crippen LogP) is 5.26. The van der Waals surface area contributed by atoms with Gasteiger partial charge in [0.15, 0.2) is 0 Å². The predicted molar refractivity (Wildman–Crippen MR) is 75.9 cm³/mol. The van der Waals surface area contributed by atoms with E-state index in [0.717, 1.165) is 6.07 Å². The van der Waals surface area contributed by atoms with Crippen LogP contribution >= 0.6 is 23.2 Å². The van der Waals surface area contributed by atoms with Crippen LogP contribution in [0.25, 0.3) is 0 Å². The summed E-state index contributed by atoms with van der Waals surface area (Å²) in [5.74, 6) is 0.606. The molecule has 2 nitrogen and oxygen atoms in total. The minimum Gasteiger partial charge on any atom is -0.457 e. The molecule has 0 amide bonds. The first-order valence-corrected chi connectivity index (χ1v) is 6.60. The molecule has 0 heterocycles. The molecule has 0 aromatic heterocycles. The first-order valence-electron chi connectivity index (χ1n) is 5.84. The second kappa shape index (κ2) is 6.13. The highest BCUT2D eigenvalue weighted by Crippen LogP contribution is 2.35. The minimum absolute atomic E-state index is 0.0416. The second-order valence-corrected chi connectivity index (χ2v) is 5.01. The van der Waals surface area contributed by atoms with E-state index in [1.165, 1.54) is 24.3 Å². The molecule has 2 N–H and O–H groups in total. The van der Waals surface area contributed by atoms with Crippen molar-refractivity contribution in [1.29, 1.82) is 0 Å². The summed E-state index contributed by atoms with van der Waals surface area (Å²) >= 11 is 11.6. The van der Waals surface area contributed by atoms with Gasteiger partial charge in [-0.1, -0.05) is 23.2 Å². The van der Waals surface area contributed by atoms with E-state index in [1.807, 2.05) is 0 Å². The van der Waals surface area contributed by atoms with E-state index >= 15 is 0 Å². The van der Waals surface area contributed by atoms with Crippen LogP contribution in [0, 0.1) is 0 Å². The van der Waals surface area contributed by atoms with Crippen LogP contribution in [0.2, 0.25) is 10.0 Å². The Balaban J connectivity index is 2.31. The standard InChI is InChI=1S/C14H10Cl2F3NO/c15-12-4-2-10(6-13(12)16)21-9-1-3-11(14(17,18)19)8(5-9)7-20/h1-6H,7,20H2. The molecule has 0 aliphatic carbocycles. The van der Waals surface area contributed by atoms with Crippen LogP contribution in [0.15, 0.2) is 36.4 Å². The van der Waals surface area contributed by atoms with E-state index in [0.29, 0.717) is 15.8 Å². The van der Waals surface area contributed by atoms with Crippen molar-refractivity contribution in [1.82, 2.24) is 0 Å². The molecule has 112 valence electrons. The summed E-state index contributed by atoms with van der Waals surface area (Å²) in [5, 5.41) is 0.652. The van der Waals surface area contributed by atoms with Crippen LogP contribution in [0.4, 0.5) is 13.2 Å². The second-order valence-electron chi connectivity index (χ2n) is 4.20. The van der Waals surface area contributed by atoms with Crippen LogP contribution in [0.1, 0.15) is 11.1 Å². The third kappa shape index (κ3) is 3.81.